The predicted octanol–water partition coefficient (Wildman–Crippen LogP) is 2.82. The summed E-state index contributed by atoms with van der Waals surface area (Å²) in [6.07, 6.45) is 7.45. The van der Waals surface area contributed by atoms with Gasteiger partial charge in [0.05, 0.1) is 29.6 Å². The van der Waals surface area contributed by atoms with Crippen molar-refractivity contribution in [1.29, 1.82) is 0 Å². The molecule has 1 saturated carbocycles. The van der Waals surface area contributed by atoms with Crippen LogP contribution in [0, 0.1) is 17.8 Å². The zero-order valence-electron chi connectivity index (χ0n) is 16.6. The van der Waals surface area contributed by atoms with E-state index in [0.29, 0.717) is 16.5 Å². The normalized spacial score (nSPS) is 35.2. The minimum atomic E-state index is -0.358. The van der Waals surface area contributed by atoms with Crippen LogP contribution in [0.25, 0.3) is 0 Å². The molecular weight excluding hydrogens is 388 g/mol. The Labute approximate surface area is 174 Å². The van der Waals surface area contributed by atoms with Crippen LogP contribution in [-0.2, 0) is 27.2 Å². The highest BCUT2D eigenvalue weighted by molar-refractivity contribution is 7.17. The van der Waals surface area contributed by atoms with Crippen molar-refractivity contribution in [3.63, 3.8) is 0 Å². The Morgan fingerprint density at radius 1 is 1.10 bits per heavy atom. The van der Waals surface area contributed by atoms with E-state index in [4.69, 9.17) is 4.74 Å². The fourth-order valence-corrected chi connectivity index (χ4v) is 7.25. The van der Waals surface area contributed by atoms with Crippen molar-refractivity contribution >= 4 is 34.1 Å². The number of fused-ring (bicyclic) bond motifs is 6. The van der Waals surface area contributed by atoms with Gasteiger partial charge in [-0.1, -0.05) is 13.3 Å². The van der Waals surface area contributed by atoms with Gasteiger partial charge in [0.1, 0.15) is 5.00 Å². The number of ether oxygens (including phenoxy) is 1. The Kier molecular flexibility index (Phi) is 3.98. The van der Waals surface area contributed by atoms with Gasteiger partial charge in [0.2, 0.25) is 11.8 Å². The molecule has 154 valence electrons. The van der Waals surface area contributed by atoms with E-state index in [1.165, 1.54) is 21.1 Å². The van der Waals surface area contributed by atoms with Crippen LogP contribution < -0.4 is 10.2 Å². The fraction of sp³-hybridized carbons (Fsp3) is 0.682. The summed E-state index contributed by atoms with van der Waals surface area (Å²) >= 11 is 1.51. The molecule has 4 fully saturated rings. The summed E-state index contributed by atoms with van der Waals surface area (Å²) in [4.78, 5) is 42.4. The molecule has 0 aromatic carbocycles. The Balaban J connectivity index is 1.42. The molecule has 1 N–H and O–H groups in total. The van der Waals surface area contributed by atoms with Gasteiger partial charge in [-0.25, -0.2) is 4.90 Å². The first-order valence-electron chi connectivity index (χ1n) is 11.1. The summed E-state index contributed by atoms with van der Waals surface area (Å²) in [5.41, 5.74) is 1.67. The second-order valence-electron chi connectivity index (χ2n) is 9.30. The number of rotatable bonds is 4. The Bertz CT molecular complexity index is 892. The molecule has 3 amide bonds. The molecule has 5 atom stereocenters. The van der Waals surface area contributed by atoms with Gasteiger partial charge in [-0.15, -0.1) is 11.3 Å². The maximum atomic E-state index is 13.3. The quantitative estimate of drug-likeness (QED) is 0.769. The van der Waals surface area contributed by atoms with Gasteiger partial charge in [-0.05, 0) is 56.4 Å². The van der Waals surface area contributed by atoms with Gasteiger partial charge >= 0.3 is 0 Å². The third-order valence-electron chi connectivity index (χ3n) is 7.55. The topological polar surface area (TPSA) is 75.7 Å². The summed E-state index contributed by atoms with van der Waals surface area (Å²) in [6.45, 7) is 2.20. The lowest BCUT2D eigenvalue weighted by Crippen LogP contribution is -2.36. The lowest BCUT2D eigenvalue weighted by Gasteiger charge is -2.21. The molecule has 6 rings (SSSR count). The molecule has 2 bridgehead atoms. The zero-order chi connectivity index (χ0) is 19.9. The number of imide groups is 1. The largest absolute Gasteiger partial charge is 0.373 e. The lowest BCUT2D eigenvalue weighted by molar-refractivity contribution is -0.124. The number of thiophene rings is 1. The van der Waals surface area contributed by atoms with Crippen LogP contribution in [0.3, 0.4) is 0 Å². The first-order valence-corrected chi connectivity index (χ1v) is 11.9. The number of nitrogens with one attached hydrogen (secondary N) is 1. The first kappa shape index (κ1) is 18.1. The Morgan fingerprint density at radius 3 is 2.41 bits per heavy atom. The average Bonchev–Trinajstić information content (AvgIpc) is 3.07. The van der Waals surface area contributed by atoms with E-state index >= 15 is 0 Å². The van der Waals surface area contributed by atoms with Crippen molar-refractivity contribution in [2.75, 3.05) is 4.90 Å². The molecule has 7 heteroatoms. The third kappa shape index (κ3) is 2.59. The van der Waals surface area contributed by atoms with Gasteiger partial charge in [0, 0.05) is 10.9 Å². The van der Waals surface area contributed by atoms with Gasteiger partial charge in [0.25, 0.3) is 5.91 Å². The monoisotopic (exact) mass is 414 g/mol. The average molecular weight is 415 g/mol. The molecule has 4 heterocycles. The van der Waals surface area contributed by atoms with Gasteiger partial charge in [0.15, 0.2) is 0 Å². The Hall–Kier alpha value is -1.73. The van der Waals surface area contributed by atoms with Crippen molar-refractivity contribution in [3.8, 4) is 0 Å². The van der Waals surface area contributed by atoms with Crippen LogP contribution in [-0.4, -0.2) is 36.0 Å². The number of anilines is 1. The number of nitrogens with zero attached hydrogens (tertiary/aromatic N) is 1. The molecule has 2 aliphatic carbocycles. The van der Waals surface area contributed by atoms with Gasteiger partial charge < -0.3 is 10.1 Å². The number of amides is 3. The summed E-state index contributed by atoms with van der Waals surface area (Å²) in [7, 11) is 0. The van der Waals surface area contributed by atoms with Gasteiger partial charge in [-0.3, -0.25) is 14.4 Å². The van der Waals surface area contributed by atoms with Crippen LogP contribution in [0.4, 0.5) is 5.00 Å². The molecule has 3 aliphatic heterocycles. The molecule has 1 aromatic rings. The van der Waals surface area contributed by atoms with E-state index in [1.807, 2.05) is 0 Å². The fourth-order valence-electron chi connectivity index (χ4n) is 5.78. The molecule has 5 aliphatic rings. The standard InChI is InChI=1S/C22H26N2O4S/c1-2-10-3-6-12-15(9-10)29-22(16(12)19(25)23-11-4-5-11)24-20(26)17-13-7-8-14(28-13)18(17)21(24)27/h10-11,13-14,17-18H,2-9H2,1H3,(H,23,25)/t10-,13-,14-,17-,18+/m1/s1. The molecule has 0 unspecified atom stereocenters. The number of carbonyl (C=O) groups excluding carboxylic acids is 3. The second-order valence-corrected chi connectivity index (χ2v) is 10.4. The SMILES string of the molecule is CC[C@@H]1CCc2c(sc(N3C(=O)[C@@H]4[C@H](C3=O)[C@H]3CC[C@H]4O3)c2C(=O)NC2CC2)C1. The minimum absolute atomic E-state index is 0.105. The van der Waals surface area contributed by atoms with E-state index < -0.39 is 0 Å². The van der Waals surface area contributed by atoms with Crippen molar-refractivity contribution in [2.45, 2.75) is 76.5 Å². The van der Waals surface area contributed by atoms with Crippen LogP contribution >= 0.6 is 11.3 Å². The predicted molar refractivity (Wildman–Crippen MR) is 108 cm³/mol. The molecule has 0 radical (unpaired) electrons. The molecule has 1 aromatic heterocycles. The van der Waals surface area contributed by atoms with Crippen LogP contribution in [0.1, 0.15) is 66.2 Å². The van der Waals surface area contributed by atoms with Crippen molar-refractivity contribution < 1.29 is 19.1 Å². The lowest BCUT2D eigenvalue weighted by atomic mass is 9.81. The van der Waals surface area contributed by atoms with Gasteiger partial charge in [-0.2, -0.15) is 0 Å². The molecule has 6 nitrogen and oxygen atoms in total. The summed E-state index contributed by atoms with van der Waals surface area (Å²) in [6, 6.07) is 0.242. The zero-order valence-corrected chi connectivity index (χ0v) is 17.4. The number of carbonyl (C=O) groups is 3. The smallest absolute Gasteiger partial charge is 0.254 e. The Morgan fingerprint density at radius 2 is 1.79 bits per heavy atom. The van der Waals surface area contributed by atoms with E-state index in [0.717, 1.165) is 56.9 Å². The molecule has 29 heavy (non-hydrogen) atoms. The maximum absolute atomic E-state index is 13.3. The highest BCUT2D eigenvalue weighted by Gasteiger charge is 2.63. The first-order chi connectivity index (χ1) is 14.1. The maximum Gasteiger partial charge on any atom is 0.254 e. The number of hydrogen-bond acceptors (Lipinski definition) is 5. The van der Waals surface area contributed by atoms with Crippen molar-refractivity contribution in [1.82, 2.24) is 5.32 Å². The van der Waals surface area contributed by atoms with Crippen LogP contribution in [0.5, 0.6) is 0 Å². The van der Waals surface area contributed by atoms with E-state index in [1.54, 1.807) is 0 Å². The van der Waals surface area contributed by atoms with E-state index in [-0.39, 0.29) is 47.8 Å². The molecular formula is C22H26N2O4S. The molecule has 0 spiro atoms. The van der Waals surface area contributed by atoms with Crippen LogP contribution in [0.2, 0.25) is 0 Å². The summed E-state index contributed by atoms with van der Waals surface area (Å²) in [5, 5.41) is 3.68. The minimum Gasteiger partial charge on any atom is -0.373 e. The number of hydrogen-bond donors (Lipinski definition) is 1. The van der Waals surface area contributed by atoms with E-state index in [2.05, 4.69) is 12.2 Å². The second kappa shape index (κ2) is 6.38. The van der Waals surface area contributed by atoms with Crippen molar-refractivity contribution in [3.05, 3.63) is 16.0 Å². The van der Waals surface area contributed by atoms with Crippen molar-refractivity contribution in [2.24, 2.45) is 17.8 Å². The summed E-state index contributed by atoms with van der Waals surface area (Å²) < 4.78 is 5.87. The summed E-state index contributed by atoms with van der Waals surface area (Å²) in [5.74, 6) is -0.517. The van der Waals surface area contributed by atoms with Crippen LogP contribution in [0.15, 0.2) is 0 Å². The third-order valence-corrected chi connectivity index (χ3v) is 8.79. The van der Waals surface area contributed by atoms with E-state index in [9.17, 15) is 14.4 Å². The molecule has 3 saturated heterocycles. The highest BCUT2D eigenvalue weighted by Crippen LogP contribution is 2.52. The highest BCUT2D eigenvalue weighted by atomic mass is 32.1.